The average Bonchev–Trinajstić information content (AvgIpc) is 3.00. The number of aryl methyl sites for hydroxylation is 2. The highest BCUT2D eigenvalue weighted by Gasteiger charge is 2.32. The van der Waals surface area contributed by atoms with Crippen LogP contribution in [0.25, 0.3) is 0 Å². The monoisotopic (exact) mass is 295 g/mol. The van der Waals surface area contributed by atoms with Crippen molar-refractivity contribution < 1.29 is 9.90 Å². The lowest BCUT2D eigenvalue weighted by molar-refractivity contribution is -0.138. The minimum atomic E-state index is -0.772. The normalized spacial score (nSPS) is 17.4. The molecule has 5 nitrogen and oxygen atoms in total. The van der Waals surface area contributed by atoms with Gasteiger partial charge in [0.15, 0.2) is 5.13 Å². The van der Waals surface area contributed by atoms with Gasteiger partial charge in [0.25, 0.3) is 0 Å². The van der Waals surface area contributed by atoms with E-state index in [2.05, 4.69) is 15.3 Å². The maximum absolute atomic E-state index is 11.1. The highest BCUT2D eigenvalue weighted by atomic mass is 32.1. The van der Waals surface area contributed by atoms with E-state index >= 15 is 0 Å². The van der Waals surface area contributed by atoms with Gasteiger partial charge in [-0.3, -0.25) is 4.79 Å². The lowest BCUT2D eigenvalue weighted by Crippen LogP contribution is -2.09. The molecule has 2 aromatic heterocycles. The van der Waals surface area contributed by atoms with Crippen LogP contribution in [-0.4, -0.2) is 21.0 Å². The molecule has 0 saturated heterocycles. The number of carboxylic acids is 1. The number of thiazole rings is 2. The molecule has 2 N–H and O–H groups in total. The lowest BCUT2D eigenvalue weighted by atomic mass is 10.1. The average molecular weight is 295 g/mol. The van der Waals surface area contributed by atoms with E-state index in [1.54, 1.807) is 22.7 Å². The van der Waals surface area contributed by atoms with Crippen molar-refractivity contribution in [3.8, 4) is 0 Å². The van der Waals surface area contributed by atoms with E-state index in [0.29, 0.717) is 13.0 Å². The van der Waals surface area contributed by atoms with Gasteiger partial charge in [-0.2, -0.15) is 0 Å². The first-order valence-corrected chi connectivity index (χ1v) is 7.64. The van der Waals surface area contributed by atoms with Crippen LogP contribution in [0.3, 0.4) is 0 Å². The molecule has 0 amide bonds. The summed E-state index contributed by atoms with van der Waals surface area (Å²) < 4.78 is 0. The van der Waals surface area contributed by atoms with Gasteiger partial charge in [-0.05, 0) is 19.8 Å². The summed E-state index contributed by atoms with van der Waals surface area (Å²) in [5.41, 5.74) is 0.746. The van der Waals surface area contributed by atoms with Gasteiger partial charge in [0.1, 0.15) is 10.9 Å². The molecule has 3 rings (SSSR count). The second-order valence-corrected chi connectivity index (χ2v) is 6.88. The summed E-state index contributed by atoms with van der Waals surface area (Å²) in [6.45, 7) is 2.67. The van der Waals surface area contributed by atoms with Gasteiger partial charge in [0.05, 0.1) is 12.2 Å². The zero-order chi connectivity index (χ0) is 13.4. The molecule has 1 unspecified atom stereocenters. The second kappa shape index (κ2) is 4.90. The third-order valence-electron chi connectivity index (χ3n) is 3.08. The number of hydrogen-bond acceptors (Lipinski definition) is 6. The molecule has 0 aliphatic heterocycles. The summed E-state index contributed by atoms with van der Waals surface area (Å²) >= 11 is 3.21. The third-order valence-corrected chi connectivity index (χ3v) is 5.08. The highest BCUT2D eigenvalue weighted by Crippen LogP contribution is 2.38. The molecular formula is C12H13N3O2S2. The Morgan fingerprint density at radius 3 is 3.11 bits per heavy atom. The third kappa shape index (κ3) is 2.48. The summed E-state index contributed by atoms with van der Waals surface area (Å²) in [7, 11) is 0. The Morgan fingerprint density at radius 2 is 2.42 bits per heavy atom. The smallest absolute Gasteiger partial charge is 0.312 e. The predicted octanol–water partition coefficient (Wildman–Crippen LogP) is 2.63. The molecule has 1 aliphatic rings. The first-order chi connectivity index (χ1) is 9.13. The second-order valence-electron chi connectivity index (χ2n) is 4.48. The Morgan fingerprint density at radius 1 is 1.58 bits per heavy atom. The number of aliphatic carboxylic acids is 1. The SMILES string of the molecule is Cc1cnc(CNc2nc3c(s2)CCC3C(=O)O)s1. The molecule has 100 valence electrons. The van der Waals surface area contributed by atoms with Gasteiger partial charge in [-0.15, -0.1) is 22.7 Å². The van der Waals surface area contributed by atoms with Crippen LogP contribution in [-0.2, 0) is 17.8 Å². The maximum atomic E-state index is 11.1. The number of carboxylic acid groups (broad SMARTS) is 1. The van der Waals surface area contributed by atoms with Gasteiger partial charge < -0.3 is 10.4 Å². The van der Waals surface area contributed by atoms with E-state index in [9.17, 15) is 4.79 Å². The highest BCUT2D eigenvalue weighted by molar-refractivity contribution is 7.15. The quantitative estimate of drug-likeness (QED) is 0.907. The van der Waals surface area contributed by atoms with Crippen LogP contribution >= 0.6 is 22.7 Å². The fourth-order valence-corrected chi connectivity index (χ4v) is 3.94. The predicted molar refractivity (Wildman–Crippen MR) is 75.0 cm³/mol. The summed E-state index contributed by atoms with van der Waals surface area (Å²) in [6, 6.07) is 0. The van der Waals surface area contributed by atoms with Crippen LogP contribution in [0.5, 0.6) is 0 Å². The van der Waals surface area contributed by atoms with Gasteiger partial charge in [-0.25, -0.2) is 9.97 Å². The minimum Gasteiger partial charge on any atom is -0.481 e. The van der Waals surface area contributed by atoms with E-state index in [4.69, 9.17) is 5.11 Å². The van der Waals surface area contributed by atoms with Crippen molar-refractivity contribution >= 4 is 33.8 Å². The van der Waals surface area contributed by atoms with E-state index < -0.39 is 11.9 Å². The molecule has 19 heavy (non-hydrogen) atoms. The van der Waals surface area contributed by atoms with Crippen molar-refractivity contribution in [1.29, 1.82) is 0 Å². The molecule has 0 radical (unpaired) electrons. The van der Waals surface area contributed by atoms with Crippen LogP contribution < -0.4 is 5.32 Å². The van der Waals surface area contributed by atoms with Crippen molar-refractivity contribution in [3.05, 3.63) is 26.7 Å². The number of rotatable bonds is 4. The van der Waals surface area contributed by atoms with E-state index in [-0.39, 0.29) is 0 Å². The van der Waals surface area contributed by atoms with Crippen LogP contribution in [0.15, 0.2) is 6.20 Å². The molecular weight excluding hydrogens is 282 g/mol. The number of aromatic nitrogens is 2. The van der Waals surface area contributed by atoms with Crippen LogP contribution in [0.1, 0.15) is 32.8 Å². The zero-order valence-electron chi connectivity index (χ0n) is 10.3. The molecule has 0 saturated carbocycles. The van der Waals surface area contributed by atoms with Crippen molar-refractivity contribution in [3.63, 3.8) is 0 Å². The van der Waals surface area contributed by atoms with Gasteiger partial charge in [-0.1, -0.05) is 0 Å². The minimum absolute atomic E-state index is 0.427. The molecule has 0 fully saturated rings. The number of nitrogens with one attached hydrogen (secondary N) is 1. The van der Waals surface area contributed by atoms with Crippen LogP contribution in [0.4, 0.5) is 5.13 Å². The largest absolute Gasteiger partial charge is 0.481 e. The number of hydrogen-bond donors (Lipinski definition) is 2. The fourth-order valence-electron chi connectivity index (χ4n) is 2.18. The molecule has 7 heteroatoms. The number of carbonyl (C=O) groups is 1. The summed E-state index contributed by atoms with van der Waals surface area (Å²) in [5, 5.41) is 14.2. The molecule has 1 aliphatic carbocycles. The molecule has 2 heterocycles. The van der Waals surface area contributed by atoms with Crippen molar-refractivity contribution in [1.82, 2.24) is 9.97 Å². The maximum Gasteiger partial charge on any atom is 0.312 e. The standard InChI is InChI=1S/C12H13N3O2S2/c1-6-4-13-9(18-6)5-14-12-15-10-7(11(16)17)2-3-8(10)19-12/h4,7H,2-3,5H2,1H3,(H,14,15)(H,16,17). The van der Waals surface area contributed by atoms with E-state index in [0.717, 1.165) is 27.1 Å². The zero-order valence-corrected chi connectivity index (χ0v) is 12.0. The summed E-state index contributed by atoms with van der Waals surface area (Å²) in [4.78, 5) is 22.1. The first-order valence-electron chi connectivity index (χ1n) is 6.01. The molecule has 0 spiro atoms. The number of fused-ring (bicyclic) bond motifs is 1. The summed E-state index contributed by atoms with van der Waals surface area (Å²) in [5.74, 6) is -1.20. The fraction of sp³-hybridized carbons (Fsp3) is 0.417. The Bertz CT molecular complexity index is 620. The lowest BCUT2D eigenvalue weighted by Gasteiger charge is -2.02. The van der Waals surface area contributed by atoms with Gasteiger partial charge in [0, 0.05) is 16.0 Å². The number of anilines is 1. The number of nitrogens with zero attached hydrogens (tertiary/aromatic N) is 2. The van der Waals surface area contributed by atoms with Gasteiger partial charge >= 0.3 is 5.97 Å². The van der Waals surface area contributed by atoms with Crippen molar-refractivity contribution in [2.75, 3.05) is 5.32 Å². The molecule has 0 bridgehead atoms. The van der Waals surface area contributed by atoms with Crippen molar-refractivity contribution in [2.45, 2.75) is 32.2 Å². The molecule has 2 aromatic rings. The van der Waals surface area contributed by atoms with Crippen molar-refractivity contribution in [2.24, 2.45) is 0 Å². The molecule has 0 aromatic carbocycles. The Balaban J connectivity index is 1.70. The van der Waals surface area contributed by atoms with Crippen LogP contribution in [0.2, 0.25) is 0 Å². The Labute approximate surface area is 118 Å². The Kier molecular flexibility index (Phi) is 3.24. The summed E-state index contributed by atoms with van der Waals surface area (Å²) in [6.07, 6.45) is 3.35. The van der Waals surface area contributed by atoms with E-state index in [1.165, 1.54) is 4.88 Å². The van der Waals surface area contributed by atoms with E-state index in [1.807, 2.05) is 13.1 Å². The first kappa shape index (κ1) is 12.6. The topological polar surface area (TPSA) is 75.1 Å². The molecule has 1 atom stereocenters. The van der Waals surface area contributed by atoms with Gasteiger partial charge in [0.2, 0.25) is 0 Å². The Hall–Kier alpha value is -1.47. The van der Waals surface area contributed by atoms with Crippen LogP contribution in [0, 0.1) is 6.92 Å².